The van der Waals surface area contributed by atoms with Gasteiger partial charge in [0.05, 0.1) is 7.11 Å². The van der Waals surface area contributed by atoms with Gasteiger partial charge in [-0.15, -0.1) is 0 Å². The normalized spacial score (nSPS) is 37.1. The van der Waals surface area contributed by atoms with Gasteiger partial charge in [0.25, 0.3) is 0 Å². The van der Waals surface area contributed by atoms with Crippen LogP contribution in [-0.2, 0) is 29.3 Å². The van der Waals surface area contributed by atoms with Crippen LogP contribution in [0.2, 0.25) is 0 Å². The summed E-state index contributed by atoms with van der Waals surface area (Å²) in [6.07, 6.45) is 0. The molecule has 2 atom stereocenters. The minimum Gasteiger partial charge on any atom is -0.467 e. The fourth-order valence-corrected chi connectivity index (χ4v) is 1.45. The lowest BCUT2D eigenvalue weighted by molar-refractivity contribution is -0.155. The second-order valence-electron chi connectivity index (χ2n) is 2.27. The van der Waals surface area contributed by atoms with Gasteiger partial charge in [-0.2, -0.15) is 4.21 Å². The van der Waals surface area contributed by atoms with Crippen LogP contribution in [-0.4, -0.2) is 29.5 Å². The van der Waals surface area contributed by atoms with Gasteiger partial charge in [0, 0.05) is 0 Å². The van der Waals surface area contributed by atoms with Crippen molar-refractivity contribution in [3.63, 3.8) is 0 Å². The molecule has 0 aromatic rings. The van der Waals surface area contributed by atoms with E-state index in [0.717, 1.165) is 0 Å². The second-order valence-corrected chi connectivity index (χ2v) is 3.08. The molecule has 0 aliphatic carbocycles. The first-order valence-electron chi connectivity index (χ1n) is 2.91. The molecule has 0 amide bonds. The quantitative estimate of drug-likeness (QED) is 0.511. The summed E-state index contributed by atoms with van der Waals surface area (Å²) in [6.45, 7) is 1.43. The number of carbonyl (C=O) groups is 1. The number of esters is 1. The second kappa shape index (κ2) is 2.88. The number of methoxy groups -OCH3 is 1. The van der Waals surface area contributed by atoms with E-state index in [9.17, 15) is 9.00 Å². The van der Waals surface area contributed by atoms with Crippen LogP contribution in [0.5, 0.6) is 0 Å². The van der Waals surface area contributed by atoms with Gasteiger partial charge in [-0.25, -0.2) is 8.98 Å². The van der Waals surface area contributed by atoms with Crippen molar-refractivity contribution < 1.29 is 22.1 Å². The fraction of sp³-hybridized carbons (Fsp3) is 0.800. The summed E-state index contributed by atoms with van der Waals surface area (Å²) >= 11 is -1.82. The summed E-state index contributed by atoms with van der Waals surface area (Å²) in [5.41, 5.74) is -1.21. The predicted octanol–water partition coefficient (Wildman–Crippen LogP) is -0.456. The number of rotatable bonds is 1. The molecule has 11 heavy (non-hydrogen) atoms. The third kappa shape index (κ3) is 1.58. The molecule has 5 nitrogen and oxygen atoms in total. The van der Waals surface area contributed by atoms with Crippen LogP contribution in [0, 0.1) is 0 Å². The third-order valence-corrected chi connectivity index (χ3v) is 2.11. The average Bonchev–Trinajstić information content (AvgIpc) is 2.31. The van der Waals surface area contributed by atoms with Crippen molar-refractivity contribution in [3.05, 3.63) is 0 Å². The van der Waals surface area contributed by atoms with Gasteiger partial charge in [-0.1, -0.05) is 0 Å². The third-order valence-electron chi connectivity index (χ3n) is 1.30. The molecule has 6 heteroatoms. The first-order valence-corrected chi connectivity index (χ1v) is 3.91. The minimum atomic E-state index is -1.82. The first-order chi connectivity index (χ1) is 5.08. The van der Waals surface area contributed by atoms with Gasteiger partial charge in [-0.05, 0) is 6.92 Å². The first kappa shape index (κ1) is 8.63. The standard InChI is InChI=1S/C5H8O5S/c1-5(4(6)8-2)3-9-11(7)10-5/h3H2,1-2H3/t5-,11?/m0/s1. The van der Waals surface area contributed by atoms with Gasteiger partial charge < -0.3 is 4.74 Å². The molecule has 1 aliphatic heterocycles. The van der Waals surface area contributed by atoms with Crippen molar-refractivity contribution in [1.29, 1.82) is 0 Å². The molecular weight excluding hydrogens is 172 g/mol. The van der Waals surface area contributed by atoms with Crippen LogP contribution in [0.25, 0.3) is 0 Å². The lowest BCUT2D eigenvalue weighted by Crippen LogP contribution is -2.38. The Hall–Kier alpha value is -0.460. The maximum Gasteiger partial charge on any atom is 0.341 e. The Morgan fingerprint density at radius 1 is 1.73 bits per heavy atom. The highest BCUT2D eigenvalue weighted by Gasteiger charge is 2.44. The van der Waals surface area contributed by atoms with Gasteiger partial charge in [0.1, 0.15) is 6.61 Å². The van der Waals surface area contributed by atoms with Crippen molar-refractivity contribution in [2.24, 2.45) is 0 Å². The average molecular weight is 180 g/mol. The Balaban J connectivity index is 2.69. The largest absolute Gasteiger partial charge is 0.467 e. The van der Waals surface area contributed by atoms with Crippen LogP contribution < -0.4 is 0 Å². The zero-order valence-corrected chi connectivity index (χ0v) is 6.97. The molecule has 1 saturated heterocycles. The van der Waals surface area contributed by atoms with E-state index in [4.69, 9.17) is 0 Å². The molecule has 0 bridgehead atoms. The number of hydrogen-bond acceptors (Lipinski definition) is 5. The number of hydrogen-bond donors (Lipinski definition) is 0. The molecule has 1 aliphatic rings. The van der Waals surface area contributed by atoms with E-state index in [1.165, 1.54) is 14.0 Å². The Labute approximate surface area is 66.5 Å². The molecule has 1 fully saturated rings. The monoisotopic (exact) mass is 180 g/mol. The van der Waals surface area contributed by atoms with Gasteiger partial charge in [-0.3, -0.25) is 4.18 Å². The maximum atomic E-state index is 10.9. The fourth-order valence-electron chi connectivity index (χ4n) is 0.668. The molecule has 64 valence electrons. The summed E-state index contributed by atoms with van der Waals surface area (Å²) in [5, 5.41) is 0. The Morgan fingerprint density at radius 3 is 2.73 bits per heavy atom. The molecule has 1 rings (SSSR count). The minimum absolute atomic E-state index is 0.0354. The summed E-state index contributed by atoms with van der Waals surface area (Å²) in [4.78, 5) is 10.9. The van der Waals surface area contributed by atoms with Gasteiger partial charge >= 0.3 is 17.3 Å². The van der Waals surface area contributed by atoms with Crippen molar-refractivity contribution >= 4 is 17.3 Å². The van der Waals surface area contributed by atoms with E-state index in [-0.39, 0.29) is 6.61 Å². The Kier molecular flexibility index (Phi) is 2.26. The van der Waals surface area contributed by atoms with Crippen molar-refractivity contribution in [3.8, 4) is 0 Å². The molecule has 1 heterocycles. The molecule has 0 N–H and O–H groups in total. The van der Waals surface area contributed by atoms with E-state index in [0.29, 0.717) is 0 Å². The Morgan fingerprint density at radius 2 is 2.36 bits per heavy atom. The number of ether oxygens (including phenoxy) is 1. The van der Waals surface area contributed by atoms with E-state index < -0.39 is 22.9 Å². The highest BCUT2D eigenvalue weighted by atomic mass is 32.2. The van der Waals surface area contributed by atoms with E-state index >= 15 is 0 Å². The zero-order valence-electron chi connectivity index (χ0n) is 6.16. The lowest BCUT2D eigenvalue weighted by atomic mass is 10.1. The summed E-state index contributed by atoms with van der Waals surface area (Å²) in [7, 11) is 1.23. The summed E-state index contributed by atoms with van der Waals surface area (Å²) in [6, 6.07) is 0. The highest BCUT2D eigenvalue weighted by Crippen LogP contribution is 2.22. The molecule has 0 saturated carbocycles. The van der Waals surface area contributed by atoms with Crippen LogP contribution in [0.1, 0.15) is 6.92 Å². The van der Waals surface area contributed by atoms with E-state index in [1.54, 1.807) is 0 Å². The van der Waals surface area contributed by atoms with Crippen molar-refractivity contribution in [2.45, 2.75) is 12.5 Å². The van der Waals surface area contributed by atoms with Gasteiger partial charge in [0.15, 0.2) is 0 Å². The van der Waals surface area contributed by atoms with Gasteiger partial charge in [0.2, 0.25) is 5.60 Å². The van der Waals surface area contributed by atoms with E-state index in [1.807, 2.05) is 0 Å². The Bertz CT molecular complexity index is 203. The smallest absolute Gasteiger partial charge is 0.341 e. The van der Waals surface area contributed by atoms with Crippen LogP contribution in [0.3, 0.4) is 0 Å². The van der Waals surface area contributed by atoms with Crippen molar-refractivity contribution in [2.75, 3.05) is 13.7 Å². The van der Waals surface area contributed by atoms with Crippen LogP contribution >= 0.6 is 0 Å². The molecule has 0 radical (unpaired) electrons. The number of carbonyl (C=O) groups excluding carboxylic acids is 1. The summed E-state index contributed by atoms with van der Waals surface area (Å²) in [5.74, 6) is -0.580. The molecule has 0 aromatic carbocycles. The van der Waals surface area contributed by atoms with Crippen LogP contribution in [0.15, 0.2) is 0 Å². The maximum absolute atomic E-state index is 10.9. The predicted molar refractivity (Wildman–Crippen MR) is 35.6 cm³/mol. The lowest BCUT2D eigenvalue weighted by Gasteiger charge is -2.14. The van der Waals surface area contributed by atoms with Crippen molar-refractivity contribution in [1.82, 2.24) is 0 Å². The summed E-state index contributed by atoms with van der Waals surface area (Å²) < 4.78 is 24.2. The molecule has 0 aromatic heterocycles. The topological polar surface area (TPSA) is 61.8 Å². The molecule has 1 unspecified atom stereocenters. The van der Waals surface area contributed by atoms with Crippen LogP contribution in [0.4, 0.5) is 0 Å². The zero-order chi connectivity index (χ0) is 8.48. The SMILES string of the molecule is COC(=O)[C@]1(C)COS(=O)O1. The van der Waals surface area contributed by atoms with E-state index in [2.05, 4.69) is 13.1 Å². The molecule has 0 spiro atoms. The highest BCUT2D eigenvalue weighted by molar-refractivity contribution is 7.75. The molecular formula is C5H8O5S.